The minimum atomic E-state index is -0.538. The Morgan fingerprint density at radius 1 is 1.31 bits per heavy atom. The van der Waals surface area contributed by atoms with E-state index in [0.29, 0.717) is 0 Å². The van der Waals surface area contributed by atoms with Gasteiger partial charge in [-0.05, 0) is 31.5 Å². The third kappa shape index (κ3) is 2.77. The molecule has 0 bridgehead atoms. The van der Waals surface area contributed by atoms with Crippen LogP contribution in [0.15, 0.2) is 18.2 Å². The molecule has 1 aliphatic heterocycles. The molecule has 88 valence electrons. The van der Waals surface area contributed by atoms with E-state index in [-0.39, 0.29) is 18.3 Å². The fraction of sp³-hybridized carbons (Fsp3) is 0.500. The van der Waals surface area contributed by atoms with E-state index in [4.69, 9.17) is 4.74 Å². The van der Waals surface area contributed by atoms with Crippen molar-refractivity contribution in [2.24, 2.45) is 0 Å². The lowest BCUT2D eigenvalue weighted by Crippen LogP contribution is -2.35. The zero-order chi connectivity index (χ0) is 11.4. The molecule has 1 aromatic carbocycles. The largest absolute Gasteiger partial charge is 0.372 e. The number of nitrogens with one attached hydrogen (secondary N) is 1. The lowest BCUT2D eigenvalue weighted by molar-refractivity contribution is 0.0225. The SMILES string of the molecule is Fc1cccc(F)c1CO[C@H]1CCCNC1. The molecule has 2 rings (SSSR count). The molecule has 1 aliphatic rings. The summed E-state index contributed by atoms with van der Waals surface area (Å²) in [7, 11) is 0. The molecule has 1 saturated heterocycles. The quantitative estimate of drug-likeness (QED) is 0.855. The van der Waals surface area contributed by atoms with Crippen LogP contribution >= 0.6 is 0 Å². The normalized spacial score (nSPS) is 21.0. The lowest BCUT2D eigenvalue weighted by Gasteiger charge is -2.23. The molecular formula is C12H15F2NO. The van der Waals surface area contributed by atoms with Crippen LogP contribution in [0.3, 0.4) is 0 Å². The van der Waals surface area contributed by atoms with Crippen LogP contribution in [-0.2, 0) is 11.3 Å². The molecule has 0 aliphatic carbocycles. The highest BCUT2D eigenvalue weighted by Gasteiger charge is 2.15. The van der Waals surface area contributed by atoms with Gasteiger partial charge in [0.1, 0.15) is 11.6 Å². The van der Waals surface area contributed by atoms with Crippen molar-refractivity contribution >= 4 is 0 Å². The first-order valence-electron chi connectivity index (χ1n) is 5.52. The van der Waals surface area contributed by atoms with Crippen LogP contribution in [0.5, 0.6) is 0 Å². The summed E-state index contributed by atoms with van der Waals surface area (Å²) in [5.41, 5.74) is 0.0214. The Morgan fingerprint density at radius 2 is 2.06 bits per heavy atom. The summed E-state index contributed by atoms with van der Waals surface area (Å²) in [5, 5.41) is 3.19. The van der Waals surface area contributed by atoms with Gasteiger partial charge in [-0.15, -0.1) is 0 Å². The minimum Gasteiger partial charge on any atom is -0.372 e. The van der Waals surface area contributed by atoms with Gasteiger partial charge in [0, 0.05) is 12.1 Å². The fourth-order valence-electron chi connectivity index (χ4n) is 1.83. The van der Waals surface area contributed by atoms with E-state index >= 15 is 0 Å². The van der Waals surface area contributed by atoms with Crippen LogP contribution in [-0.4, -0.2) is 19.2 Å². The van der Waals surface area contributed by atoms with Crippen molar-refractivity contribution in [1.29, 1.82) is 0 Å². The lowest BCUT2D eigenvalue weighted by atomic mass is 10.1. The van der Waals surface area contributed by atoms with Gasteiger partial charge in [-0.3, -0.25) is 0 Å². The number of piperidine rings is 1. The Bertz CT molecular complexity index is 331. The van der Waals surface area contributed by atoms with Gasteiger partial charge in [0.05, 0.1) is 12.7 Å². The Kier molecular flexibility index (Phi) is 3.85. The highest BCUT2D eigenvalue weighted by molar-refractivity contribution is 5.18. The first-order chi connectivity index (χ1) is 7.77. The Labute approximate surface area is 93.6 Å². The molecule has 0 saturated carbocycles. The van der Waals surface area contributed by atoms with Crippen molar-refractivity contribution in [2.75, 3.05) is 13.1 Å². The van der Waals surface area contributed by atoms with Crippen LogP contribution in [0.1, 0.15) is 18.4 Å². The molecule has 2 nitrogen and oxygen atoms in total. The van der Waals surface area contributed by atoms with E-state index in [0.717, 1.165) is 25.9 Å². The predicted molar refractivity (Wildman–Crippen MR) is 57.0 cm³/mol. The maximum absolute atomic E-state index is 13.3. The van der Waals surface area contributed by atoms with E-state index in [9.17, 15) is 8.78 Å². The van der Waals surface area contributed by atoms with Gasteiger partial charge in [0.25, 0.3) is 0 Å². The first kappa shape index (κ1) is 11.5. The molecule has 1 heterocycles. The van der Waals surface area contributed by atoms with E-state index in [2.05, 4.69) is 5.32 Å². The monoisotopic (exact) mass is 227 g/mol. The third-order valence-corrected chi connectivity index (χ3v) is 2.78. The van der Waals surface area contributed by atoms with Gasteiger partial charge in [-0.1, -0.05) is 6.07 Å². The number of benzene rings is 1. The molecule has 1 N–H and O–H groups in total. The Balaban J connectivity index is 1.93. The first-order valence-corrected chi connectivity index (χ1v) is 5.52. The van der Waals surface area contributed by atoms with Crippen LogP contribution in [0.2, 0.25) is 0 Å². The molecule has 0 amide bonds. The van der Waals surface area contributed by atoms with E-state index in [1.165, 1.54) is 18.2 Å². The molecule has 0 radical (unpaired) electrons. The molecule has 0 aromatic heterocycles. The fourth-order valence-corrected chi connectivity index (χ4v) is 1.83. The third-order valence-electron chi connectivity index (χ3n) is 2.78. The van der Waals surface area contributed by atoms with E-state index in [1.807, 2.05) is 0 Å². The number of hydrogen-bond acceptors (Lipinski definition) is 2. The second-order valence-electron chi connectivity index (χ2n) is 3.98. The maximum atomic E-state index is 13.3. The van der Waals surface area contributed by atoms with Crippen LogP contribution in [0.25, 0.3) is 0 Å². The highest BCUT2D eigenvalue weighted by Crippen LogP contribution is 2.15. The smallest absolute Gasteiger partial charge is 0.131 e. The molecule has 0 unspecified atom stereocenters. The van der Waals surface area contributed by atoms with Crippen molar-refractivity contribution in [1.82, 2.24) is 5.32 Å². The summed E-state index contributed by atoms with van der Waals surface area (Å²) in [6.45, 7) is 1.76. The van der Waals surface area contributed by atoms with Crippen molar-refractivity contribution in [3.63, 3.8) is 0 Å². The molecule has 1 aromatic rings. The number of ether oxygens (including phenoxy) is 1. The Hall–Kier alpha value is -1.00. The van der Waals surface area contributed by atoms with Gasteiger partial charge in [0.2, 0.25) is 0 Å². The summed E-state index contributed by atoms with van der Waals surface area (Å²) in [5.74, 6) is -1.08. The average molecular weight is 227 g/mol. The zero-order valence-electron chi connectivity index (χ0n) is 9.01. The summed E-state index contributed by atoms with van der Waals surface area (Å²) >= 11 is 0. The molecule has 16 heavy (non-hydrogen) atoms. The average Bonchev–Trinajstić information content (AvgIpc) is 2.30. The van der Waals surface area contributed by atoms with Gasteiger partial charge < -0.3 is 10.1 Å². The van der Waals surface area contributed by atoms with Gasteiger partial charge in [-0.2, -0.15) is 0 Å². The topological polar surface area (TPSA) is 21.3 Å². The summed E-state index contributed by atoms with van der Waals surface area (Å²) in [6.07, 6.45) is 2.06. The standard InChI is InChI=1S/C12H15F2NO/c13-11-4-1-5-12(14)10(11)8-16-9-3-2-6-15-7-9/h1,4-5,9,15H,2-3,6-8H2/t9-/m0/s1. The highest BCUT2D eigenvalue weighted by atomic mass is 19.1. The van der Waals surface area contributed by atoms with Crippen molar-refractivity contribution in [2.45, 2.75) is 25.6 Å². The van der Waals surface area contributed by atoms with Crippen LogP contribution < -0.4 is 5.32 Å². The summed E-state index contributed by atoms with van der Waals surface area (Å²) in [4.78, 5) is 0. The second kappa shape index (κ2) is 5.37. The molecule has 1 fully saturated rings. The van der Waals surface area contributed by atoms with E-state index < -0.39 is 11.6 Å². The summed E-state index contributed by atoms with van der Waals surface area (Å²) < 4.78 is 32.0. The molecule has 4 heteroatoms. The van der Waals surface area contributed by atoms with Crippen LogP contribution in [0, 0.1) is 11.6 Å². The van der Waals surface area contributed by atoms with Crippen LogP contribution in [0.4, 0.5) is 8.78 Å². The van der Waals surface area contributed by atoms with E-state index in [1.54, 1.807) is 0 Å². The number of rotatable bonds is 3. The second-order valence-corrected chi connectivity index (χ2v) is 3.98. The predicted octanol–water partition coefficient (Wildman–Crippen LogP) is 2.23. The molecule has 0 spiro atoms. The summed E-state index contributed by atoms with van der Waals surface area (Å²) in [6, 6.07) is 3.86. The van der Waals surface area contributed by atoms with Gasteiger partial charge >= 0.3 is 0 Å². The molecular weight excluding hydrogens is 212 g/mol. The van der Waals surface area contributed by atoms with Crippen molar-refractivity contribution in [3.05, 3.63) is 35.4 Å². The van der Waals surface area contributed by atoms with Gasteiger partial charge in [0.15, 0.2) is 0 Å². The zero-order valence-corrected chi connectivity index (χ0v) is 9.01. The Morgan fingerprint density at radius 3 is 2.69 bits per heavy atom. The van der Waals surface area contributed by atoms with Crippen molar-refractivity contribution in [3.8, 4) is 0 Å². The van der Waals surface area contributed by atoms with Gasteiger partial charge in [-0.25, -0.2) is 8.78 Å². The van der Waals surface area contributed by atoms with Crippen molar-refractivity contribution < 1.29 is 13.5 Å². The molecule has 1 atom stereocenters. The minimum absolute atomic E-state index is 0.00481. The number of halogens is 2. The number of hydrogen-bond donors (Lipinski definition) is 1. The maximum Gasteiger partial charge on any atom is 0.131 e.